The molecule has 2 amide bonds. The molecule has 4 nitrogen and oxygen atoms in total. The summed E-state index contributed by atoms with van der Waals surface area (Å²) in [7, 11) is 0. The molecule has 0 atom stereocenters. The fraction of sp³-hybridized carbons (Fsp3) is 0.0400. The SMILES string of the molecule is O=C1C(Nc2cccc3ccccc23)=C(c2cccs2)C(=O)N1c1cccc(C(F)(F)F)c1. The number of anilines is 2. The van der Waals surface area contributed by atoms with Crippen LogP contribution in [-0.2, 0) is 15.8 Å². The highest BCUT2D eigenvalue weighted by Gasteiger charge is 2.41. The van der Waals surface area contributed by atoms with Gasteiger partial charge in [-0.3, -0.25) is 9.59 Å². The van der Waals surface area contributed by atoms with Gasteiger partial charge in [0.05, 0.1) is 16.8 Å². The van der Waals surface area contributed by atoms with Gasteiger partial charge in [0.25, 0.3) is 11.8 Å². The third-order valence-corrected chi connectivity index (χ3v) is 6.22. The number of amides is 2. The predicted molar refractivity (Wildman–Crippen MR) is 123 cm³/mol. The van der Waals surface area contributed by atoms with Gasteiger partial charge in [-0.25, -0.2) is 4.90 Å². The molecule has 0 bridgehead atoms. The molecule has 0 radical (unpaired) electrons. The van der Waals surface area contributed by atoms with E-state index in [-0.39, 0.29) is 17.0 Å². The molecule has 5 rings (SSSR count). The molecule has 33 heavy (non-hydrogen) atoms. The first-order chi connectivity index (χ1) is 15.8. The zero-order chi connectivity index (χ0) is 23.2. The maximum atomic E-state index is 13.4. The summed E-state index contributed by atoms with van der Waals surface area (Å²) in [5.41, 5.74) is -0.307. The highest BCUT2D eigenvalue weighted by Crippen LogP contribution is 2.38. The van der Waals surface area contributed by atoms with Crippen molar-refractivity contribution >= 4 is 50.9 Å². The zero-order valence-electron chi connectivity index (χ0n) is 16.9. The number of imide groups is 1. The van der Waals surface area contributed by atoms with Crippen LogP contribution < -0.4 is 10.2 Å². The number of thiophene rings is 1. The monoisotopic (exact) mass is 464 g/mol. The number of hydrogen-bond donors (Lipinski definition) is 1. The Morgan fingerprint density at radius 3 is 2.33 bits per heavy atom. The maximum absolute atomic E-state index is 13.4. The third kappa shape index (κ3) is 3.68. The van der Waals surface area contributed by atoms with Crippen LogP contribution in [0, 0.1) is 0 Å². The molecule has 8 heteroatoms. The molecule has 4 aromatic rings. The smallest absolute Gasteiger partial charge is 0.350 e. The van der Waals surface area contributed by atoms with Crippen molar-refractivity contribution in [3.8, 4) is 0 Å². The summed E-state index contributed by atoms with van der Waals surface area (Å²) in [6.07, 6.45) is -4.60. The Hall–Kier alpha value is -3.91. The number of carbonyl (C=O) groups is 2. The number of hydrogen-bond acceptors (Lipinski definition) is 4. The topological polar surface area (TPSA) is 49.4 Å². The van der Waals surface area contributed by atoms with E-state index in [1.165, 1.54) is 23.5 Å². The van der Waals surface area contributed by atoms with Crippen molar-refractivity contribution in [3.63, 3.8) is 0 Å². The van der Waals surface area contributed by atoms with Crippen molar-refractivity contribution in [2.45, 2.75) is 6.18 Å². The highest BCUT2D eigenvalue weighted by atomic mass is 32.1. The summed E-state index contributed by atoms with van der Waals surface area (Å²) in [6, 6.07) is 20.7. The largest absolute Gasteiger partial charge is 0.416 e. The van der Waals surface area contributed by atoms with Crippen molar-refractivity contribution in [2.24, 2.45) is 0 Å². The first-order valence-corrected chi connectivity index (χ1v) is 10.8. The number of alkyl halides is 3. The lowest BCUT2D eigenvalue weighted by molar-refractivity contribution is -0.137. The molecule has 1 aliphatic rings. The van der Waals surface area contributed by atoms with E-state index in [9.17, 15) is 22.8 Å². The average molecular weight is 464 g/mol. The van der Waals surface area contributed by atoms with Gasteiger partial charge in [-0.2, -0.15) is 13.2 Å². The van der Waals surface area contributed by atoms with Gasteiger partial charge >= 0.3 is 6.18 Å². The van der Waals surface area contributed by atoms with E-state index in [0.29, 0.717) is 10.6 Å². The summed E-state index contributed by atoms with van der Waals surface area (Å²) in [5, 5.41) is 6.65. The standard InChI is InChI=1S/C25H15F3N2O2S/c26-25(27,28)16-8-4-9-17(14-16)30-23(31)21(20-12-5-13-33-20)22(24(30)32)29-19-11-3-7-15-6-1-2-10-18(15)19/h1-14,29H. The highest BCUT2D eigenvalue weighted by molar-refractivity contribution is 7.11. The molecule has 3 aromatic carbocycles. The lowest BCUT2D eigenvalue weighted by Gasteiger charge is -2.17. The second-order valence-electron chi connectivity index (χ2n) is 7.37. The summed E-state index contributed by atoms with van der Waals surface area (Å²) in [6.45, 7) is 0. The van der Waals surface area contributed by atoms with Crippen molar-refractivity contribution in [3.05, 3.63) is 100 Å². The average Bonchev–Trinajstić information content (AvgIpc) is 3.40. The van der Waals surface area contributed by atoms with E-state index >= 15 is 0 Å². The Morgan fingerprint density at radius 2 is 1.58 bits per heavy atom. The maximum Gasteiger partial charge on any atom is 0.416 e. The molecular formula is C25H15F3N2O2S. The molecule has 1 aliphatic heterocycles. The van der Waals surface area contributed by atoms with Crippen LogP contribution in [0.4, 0.5) is 24.5 Å². The Bertz CT molecular complexity index is 1420. The van der Waals surface area contributed by atoms with Crippen LogP contribution in [0.5, 0.6) is 0 Å². The van der Waals surface area contributed by atoms with Crippen molar-refractivity contribution < 1.29 is 22.8 Å². The molecule has 164 valence electrons. The van der Waals surface area contributed by atoms with Gasteiger partial charge in [0, 0.05) is 16.0 Å². The molecule has 1 aromatic heterocycles. The Kier molecular flexibility index (Phi) is 5.02. The Labute approximate surface area is 190 Å². The number of carbonyl (C=O) groups excluding carboxylic acids is 2. The number of nitrogens with one attached hydrogen (secondary N) is 1. The molecule has 0 saturated carbocycles. The van der Waals surface area contributed by atoms with Crippen LogP contribution in [0.15, 0.2) is 89.9 Å². The minimum atomic E-state index is -4.60. The minimum absolute atomic E-state index is 0.0243. The summed E-state index contributed by atoms with van der Waals surface area (Å²) < 4.78 is 39.8. The fourth-order valence-electron chi connectivity index (χ4n) is 3.82. The van der Waals surface area contributed by atoms with Crippen LogP contribution in [0.3, 0.4) is 0 Å². The first kappa shape index (κ1) is 21.0. The van der Waals surface area contributed by atoms with Crippen molar-refractivity contribution in [1.29, 1.82) is 0 Å². The van der Waals surface area contributed by atoms with Gasteiger partial charge in [-0.1, -0.05) is 48.5 Å². The van der Waals surface area contributed by atoms with Crippen LogP contribution in [0.25, 0.3) is 16.3 Å². The van der Waals surface area contributed by atoms with Gasteiger partial charge in [-0.05, 0) is 41.1 Å². The second-order valence-corrected chi connectivity index (χ2v) is 8.32. The molecule has 0 fully saturated rings. The third-order valence-electron chi connectivity index (χ3n) is 5.33. The Balaban J connectivity index is 1.62. The number of benzene rings is 3. The van der Waals surface area contributed by atoms with E-state index in [4.69, 9.17) is 0 Å². The van der Waals surface area contributed by atoms with Crippen molar-refractivity contribution in [2.75, 3.05) is 10.2 Å². The zero-order valence-corrected chi connectivity index (χ0v) is 17.7. The minimum Gasteiger partial charge on any atom is -0.350 e. The summed E-state index contributed by atoms with van der Waals surface area (Å²) >= 11 is 1.27. The Morgan fingerprint density at radius 1 is 0.818 bits per heavy atom. The van der Waals surface area contributed by atoms with Crippen LogP contribution in [0.2, 0.25) is 0 Å². The molecule has 1 N–H and O–H groups in total. The van der Waals surface area contributed by atoms with Gasteiger partial charge in [0.2, 0.25) is 0 Å². The molecule has 0 aliphatic carbocycles. The van der Waals surface area contributed by atoms with E-state index in [0.717, 1.165) is 27.8 Å². The van der Waals surface area contributed by atoms with E-state index in [2.05, 4.69) is 5.32 Å². The lowest BCUT2D eigenvalue weighted by Crippen LogP contribution is -2.32. The normalized spacial score (nSPS) is 14.5. The number of halogens is 3. The van der Waals surface area contributed by atoms with Crippen LogP contribution in [-0.4, -0.2) is 11.8 Å². The van der Waals surface area contributed by atoms with Crippen LogP contribution in [0.1, 0.15) is 10.4 Å². The quantitative estimate of drug-likeness (QED) is 0.360. The molecule has 2 heterocycles. The molecule has 0 unspecified atom stereocenters. The predicted octanol–water partition coefficient (Wildman–Crippen LogP) is 6.32. The summed E-state index contributed by atoms with van der Waals surface area (Å²) in [4.78, 5) is 28.1. The van der Waals surface area contributed by atoms with E-state index in [1.807, 2.05) is 36.4 Å². The molecule has 0 saturated heterocycles. The molecule has 0 spiro atoms. The van der Waals surface area contributed by atoms with Crippen LogP contribution >= 0.6 is 11.3 Å². The van der Waals surface area contributed by atoms with Gasteiger partial charge in [-0.15, -0.1) is 11.3 Å². The summed E-state index contributed by atoms with van der Waals surface area (Å²) in [5.74, 6) is -1.39. The molecular weight excluding hydrogens is 449 g/mol. The number of fused-ring (bicyclic) bond motifs is 1. The van der Waals surface area contributed by atoms with Crippen molar-refractivity contribution in [1.82, 2.24) is 0 Å². The number of nitrogens with zero attached hydrogens (tertiary/aromatic N) is 1. The van der Waals surface area contributed by atoms with Gasteiger partial charge < -0.3 is 5.32 Å². The van der Waals surface area contributed by atoms with Gasteiger partial charge in [0.15, 0.2) is 0 Å². The van der Waals surface area contributed by atoms with Gasteiger partial charge in [0.1, 0.15) is 5.70 Å². The second kappa shape index (κ2) is 7.90. The number of rotatable bonds is 4. The fourth-order valence-corrected chi connectivity index (χ4v) is 4.59. The van der Waals surface area contributed by atoms with E-state index < -0.39 is 23.6 Å². The first-order valence-electron chi connectivity index (χ1n) is 9.93. The lowest BCUT2D eigenvalue weighted by atomic mass is 10.1. The van der Waals surface area contributed by atoms with E-state index in [1.54, 1.807) is 23.6 Å².